The Morgan fingerprint density at radius 1 is 1.17 bits per heavy atom. The molecule has 0 aliphatic heterocycles. The van der Waals surface area contributed by atoms with E-state index >= 15 is 0 Å². The summed E-state index contributed by atoms with van der Waals surface area (Å²) in [6, 6.07) is 9.92. The zero-order valence-electron chi connectivity index (χ0n) is 22.0. The number of nitrogens with zero attached hydrogens (tertiary/aromatic N) is 1. The van der Waals surface area contributed by atoms with Gasteiger partial charge in [0.25, 0.3) is 5.91 Å². The lowest BCUT2D eigenvalue weighted by Gasteiger charge is -2.16. The van der Waals surface area contributed by atoms with Gasteiger partial charge in [-0.25, -0.2) is 8.42 Å². The van der Waals surface area contributed by atoms with E-state index in [9.17, 15) is 31.5 Å². The number of amides is 1. The van der Waals surface area contributed by atoms with E-state index in [-0.39, 0.29) is 56.9 Å². The van der Waals surface area contributed by atoms with Gasteiger partial charge in [-0.2, -0.15) is 13.2 Å². The van der Waals surface area contributed by atoms with Gasteiger partial charge in [-0.1, -0.05) is 24.6 Å². The Bertz CT molecular complexity index is 1670. The maximum atomic E-state index is 13.7. The number of hydrogen-bond acceptors (Lipinski definition) is 7. The van der Waals surface area contributed by atoms with E-state index < -0.39 is 40.1 Å². The van der Waals surface area contributed by atoms with Crippen molar-refractivity contribution in [3.05, 3.63) is 93.5 Å². The van der Waals surface area contributed by atoms with Gasteiger partial charge in [0.05, 0.1) is 41.2 Å². The first-order valence-corrected chi connectivity index (χ1v) is 14.4. The molecule has 1 atom stereocenters. The van der Waals surface area contributed by atoms with Gasteiger partial charge >= 0.3 is 6.18 Å². The van der Waals surface area contributed by atoms with Crippen LogP contribution in [-0.2, 0) is 33.8 Å². The predicted octanol–water partition coefficient (Wildman–Crippen LogP) is 5.49. The van der Waals surface area contributed by atoms with E-state index in [1.807, 2.05) is 0 Å². The van der Waals surface area contributed by atoms with Crippen molar-refractivity contribution in [2.75, 3.05) is 19.5 Å². The number of benzene rings is 2. The highest BCUT2D eigenvalue weighted by molar-refractivity contribution is 7.91. The van der Waals surface area contributed by atoms with Crippen molar-refractivity contribution < 1.29 is 40.6 Å². The van der Waals surface area contributed by atoms with Crippen molar-refractivity contribution in [3.63, 3.8) is 0 Å². The number of carbonyl (C=O) groups excluding carboxylic acids is 1. The number of furan rings is 1. The molecule has 0 aliphatic carbocycles. The second-order valence-corrected chi connectivity index (χ2v) is 11.9. The zero-order chi connectivity index (χ0) is 29.9. The van der Waals surface area contributed by atoms with Crippen LogP contribution in [0.15, 0.2) is 64.0 Å². The number of pyridine rings is 1. The minimum absolute atomic E-state index is 0.0265. The molecule has 0 aliphatic rings. The molecular formula is C28H26ClF3N2O6S. The number of aliphatic hydroxyl groups excluding tert-OH is 1. The minimum atomic E-state index is -4.62. The Labute approximate surface area is 239 Å². The Hall–Kier alpha value is -3.45. The van der Waals surface area contributed by atoms with E-state index in [1.54, 1.807) is 6.07 Å². The molecule has 0 bridgehead atoms. The number of aromatic nitrogens is 1. The van der Waals surface area contributed by atoms with Crippen molar-refractivity contribution in [1.82, 2.24) is 10.3 Å². The molecule has 2 aromatic carbocycles. The minimum Gasteiger partial charge on any atom is -0.460 e. The quantitative estimate of drug-likeness (QED) is 0.244. The van der Waals surface area contributed by atoms with Crippen LogP contribution in [0.1, 0.15) is 51.5 Å². The van der Waals surface area contributed by atoms with E-state index in [2.05, 4.69) is 10.3 Å². The molecule has 1 amide bonds. The molecule has 8 nitrogen and oxygen atoms in total. The lowest BCUT2D eigenvalue weighted by molar-refractivity contribution is -0.138. The Morgan fingerprint density at radius 3 is 2.54 bits per heavy atom. The van der Waals surface area contributed by atoms with Crippen LogP contribution in [-0.4, -0.2) is 43.9 Å². The normalized spacial score (nSPS) is 13.0. The summed E-state index contributed by atoms with van der Waals surface area (Å²) in [5.41, 5.74) is 0.299. The standard InChI is InChI=1S/C28H26ClF3N2O6S/c1-3-41(37,38)19-7-9-23(33-13-19)24(14-35)34-27(36)17-5-8-20-21(15-39-2)26(40-25(20)11-17)10-16-4-6-18(29)12-22(16)28(30,31)32/h4-9,11-13,24,35H,3,10,14-15H2,1-2H3,(H,34,36)/t24-/m0/s1. The number of hydrogen-bond donors (Lipinski definition) is 2. The van der Waals surface area contributed by atoms with Gasteiger partial charge in [0.2, 0.25) is 0 Å². The van der Waals surface area contributed by atoms with Crippen LogP contribution in [0.3, 0.4) is 0 Å². The lowest BCUT2D eigenvalue weighted by atomic mass is 10.00. The van der Waals surface area contributed by atoms with Crippen molar-refractivity contribution >= 4 is 38.3 Å². The third-order valence-electron chi connectivity index (χ3n) is 6.50. The van der Waals surface area contributed by atoms with Crippen LogP contribution in [0.4, 0.5) is 13.2 Å². The van der Waals surface area contributed by atoms with Gasteiger partial charge in [-0.05, 0) is 48.0 Å². The summed E-state index contributed by atoms with van der Waals surface area (Å²) < 4.78 is 76.3. The summed E-state index contributed by atoms with van der Waals surface area (Å²) in [6.45, 7) is 1.06. The van der Waals surface area contributed by atoms with E-state index in [4.69, 9.17) is 20.8 Å². The fourth-order valence-corrected chi connectivity index (χ4v) is 5.32. The molecule has 2 N–H and O–H groups in total. The van der Waals surface area contributed by atoms with E-state index in [0.717, 1.165) is 6.07 Å². The molecule has 0 unspecified atom stereocenters. The van der Waals surface area contributed by atoms with Crippen molar-refractivity contribution in [2.45, 2.75) is 37.1 Å². The molecule has 0 spiro atoms. The fourth-order valence-electron chi connectivity index (χ4n) is 4.33. The number of ether oxygens (including phenoxy) is 1. The molecule has 2 aromatic heterocycles. The molecule has 0 radical (unpaired) electrons. The number of aliphatic hydroxyl groups is 1. The maximum Gasteiger partial charge on any atom is 0.416 e. The first-order valence-electron chi connectivity index (χ1n) is 12.4. The van der Waals surface area contributed by atoms with Gasteiger partial charge in [0.1, 0.15) is 11.3 Å². The molecule has 0 saturated carbocycles. The van der Waals surface area contributed by atoms with Crippen molar-refractivity contribution in [1.29, 1.82) is 0 Å². The van der Waals surface area contributed by atoms with Gasteiger partial charge in [-0.3, -0.25) is 9.78 Å². The van der Waals surface area contributed by atoms with Crippen molar-refractivity contribution in [2.24, 2.45) is 0 Å². The Balaban J connectivity index is 1.62. The molecule has 4 rings (SSSR count). The number of methoxy groups -OCH3 is 1. The average molecular weight is 611 g/mol. The number of nitrogens with one attached hydrogen (secondary N) is 1. The average Bonchev–Trinajstić information content (AvgIpc) is 3.28. The number of alkyl halides is 3. The Morgan fingerprint density at radius 2 is 1.93 bits per heavy atom. The molecular weight excluding hydrogens is 585 g/mol. The topological polar surface area (TPSA) is 119 Å². The fraction of sp³-hybridized carbons (Fsp3) is 0.286. The highest BCUT2D eigenvalue weighted by atomic mass is 35.5. The second-order valence-electron chi connectivity index (χ2n) is 9.15. The number of rotatable bonds is 10. The number of halogens is 4. The van der Waals surface area contributed by atoms with Gasteiger partial charge < -0.3 is 19.6 Å². The molecule has 0 saturated heterocycles. The third-order valence-corrected chi connectivity index (χ3v) is 8.45. The zero-order valence-corrected chi connectivity index (χ0v) is 23.5. The molecule has 41 heavy (non-hydrogen) atoms. The molecule has 0 fully saturated rings. The lowest BCUT2D eigenvalue weighted by Crippen LogP contribution is -2.31. The monoisotopic (exact) mass is 610 g/mol. The first-order chi connectivity index (χ1) is 19.4. The smallest absolute Gasteiger partial charge is 0.416 e. The van der Waals surface area contributed by atoms with E-state index in [0.29, 0.717) is 10.9 Å². The summed E-state index contributed by atoms with van der Waals surface area (Å²) in [5, 5.41) is 13.0. The SMILES string of the molecule is CCS(=O)(=O)c1ccc([C@H](CO)NC(=O)c2ccc3c(COC)c(Cc4ccc(Cl)cc4C(F)(F)F)oc3c2)nc1. The van der Waals surface area contributed by atoms with Gasteiger partial charge in [0, 0.05) is 41.3 Å². The highest BCUT2D eigenvalue weighted by Gasteiger charge is 2.34. The molecule has 218 valence electrons. The summed E-state index contributed by atoms with van der Waals surface area (Å²) in [6.07, 6.45) is -3.65. The van der Waals surface area contributed by atoms with Gasteiger partial charge in [-0.15, -0.1) is 0 Å². The predicted molar refractivity (Wildman–Crippen MR) is 145 cm³/mol. The summed E-state index contributed by atoms with van der Waals surface area (Å²) in [7, 11) is -2.02. The van der Waals surface area contributed by atoms with E-state index in [1.165, 1.54) is 56.6 Å². The summed E-state index contributed by atoms with van der Waals surface area (Å²) >= 11 is 5.81. The third kappa shape index (κ3) is 6.72. The molecule has 13 heteroatoms. The van der Waals surface area contributed by atoms with Gasteiger partial charge in [0.15, 0.2) is 9.84 Å². The number of fused-ring (bicyclic) bond motifs is 1. The van der Waals surface area contributed by atoms with Crippen LogP contribution < -0.4 is 5.32 Å². The summed E-state index contributed by atoms with van der Waals surface area (Å²) in [4.78, 5) is 17.2. The number of sulfone groups is 1. The largest absolute Gasteiger partial charge is 0.460 e. The van der Waals surface area contributed by atoms with Crippen molar-refractivity contribution in [3.8, 4) is 0 Å². The maximum absolute atomic E-state index is 13.7. The van der Waals surface area contributed by atoms with Crippen LogP contribution in [0, 0.1) is 0 Å². The first kappa shape index (κ1) is 30.5. The summed E-state index contributed by atoms with van der Waals surface area (Å²) in [5.74, 6) is -0.437. The van der Waals surface area contributed by atoms with Crippen LogP contribution in [0.25, 0.3) is 11.0 Å². The highest BCUT2D eigenvalue weighted by Crippen LogP contribution is 2.37. The van der Waals surface area contributed by atoms with Crippen LogP contribution >= 0.6 is 11.6 Å². The second kappa shape index (κ2) is 12.2. The Kier molecular flexibility index (Phi) is 9.07. The number of carbonyl (C=O) groups is 1. The van der Waals surface area contributed by atoms with Crippen LogP contribution in [0.2, 0.25) is 5.02 Å². The van der Waals surface area contributed by atoms with Crippen LogP contribution in [0.5, 0.6) is 0 Å². The molecule has 4 aromatic rings. The molecule has 2 heterocycles.